The largest absolute Gasteiger partial charge is 0.324 e. The number of hydrogen-bond acceptors (Lipinski definition) is 2. The molecule has 0 aliphatic carbocycles. The fraction of sp³-hybridized carbons (Fsp3) is 0.136. The second-order valence-corrected chi connectivity index (χ2v) is 6.61. The monoisotopic (exact) mass is 358 g/mol. The van der Waals surface area contributed by atoms with E-state index in [0.717, 1.165) is 16.9 Å². The Morgan fingerprint density at radius 1 is 1.04 bits per heavy atom. The first kappa shape index (κ1) is 17.0. The Hall–Kier alpha value is -3.47. The molecule has 2 aromatic carbocycles. The van der Waals surface area contributed by atoms with Gasteiger partial charge >= 0.3 is 0 Å². The Morgan fingerprint density at radius 2 is 1.81 bits per heavy atom. The summed E-state index contributed by atoms with van der Waals surface area (Å²) in [4.78, 5) is 27.8. The molecular formula is C22H20N3O2+. The van der Waals surface area contributed by atoms with Gasteiger partial charge in [0, 0.05) is 23.5 Å². The molecule has 0 fully saturated rings. The van der Waals surface area contributed by atoms with Crippen molar-refractivity contribution in [2.75, 3.05) is 10.2 Å². The summed E-state index contributed by atoms with van der Waals surface area (Å²) in [5.74, 6) is -0.354. The molecule has 3 aromatic rings. The Morgan fingerprint density at radius 3 is 2.59 bits per heavy atom. The van der Waals surface area contributed by atoms with Gasteiger partial charge in [-0.1, -0.05) is 36.4 Å². The lowest BCUT2D eigenvalue weighted by Gasteiger charge is -2.32. The van der Waals surface area contributed by atoms with Crippen molar-refractivity contribution in [1.29, 1.82) is 0 Å². The second kappa shape index (κ2) is 7.03. The minimum absolute atomic E-state index is 0.113. The highest BCUT2D eigenvalue weighted by Gasteiger charge is 2.43. The zero-order chi connectivity index (χ0) is 18.8. The van der Waals surface area contributed by atoms with Gasteiger partial charge in [-0.15, -0.1) is 0 Å². The second-order valence-electron chi connectivity index (χ2n) is 6.61. The number of benzene rings is 2. The van der Waals surface area contributed by atoms with Crippen molar-refractivity contribution in [2.45, 2.75) is 19.5 Å². The van der Waals surface area contributed by atoms with Crippen LogP contribution in [0, 0.1) is 6.92 Å². The van der Waals surface area contributed by atoms with Gasteiger partial charge in [0.05, 0.1) is 0 Å². The maximum Gasteiger partial charge on any atom is 0.294 e. The van der Waals surface area contributed by atoms with Crippen molar-refractivity contribution >= 4 is 23.2 Å². The van der Waals surface area contributed by atoms with Gasteiger partial charge in [0.2, 0.25) is 18.3 Å². The van der Waals surface area contributed by atoms with Crippen LogP contribution in [0.4, 0.5) is 11.4 Å². The van der Waals surface area contributed by atoms with Gasteiger partial charge in [-0.25, -0.2) is 0 Å². The van der Waals surface area contributed by atoms with Gasteiger partial charge < -0.3 is 5.32 Å². The number of para-hydroxylation sites is 1. The van der Waals surface area contributed by atoms with Crippen molar-refractivity contribution in [3.63, 3.8) is 0 Å². The number of fused-ring (bicyclic) bond motifs is 1. The highest BCUT2D eigenvalue weighted by Crippen LogP contribution is 2.30. The molecule has 0 saturated heterocycles. The predicted molar refractivity (Wildman–Crippen MR) is 103 cm³/mol. The van der Waals surface area contributed by atoms with Crippen LogP contribution in [0.15, 0.2) is 79.0 Å². The van der Waals surface area contributed by atoms with Crippen LogP contribution in [0.2, 0.25) is 0 Å². The summed E-state index contributed by atoms with van der Waals surface area (Å²) in [7, 11) is 0. The number of nitrogens with zero attached hydrogens (tertiary/aromatic N) is 2. The lowest BCUT2D eigenvalue weighted by atomic mass is 10.0. The number of rotatable bonds is 3. The molecule has 1 aliphatic heterocycles. The van der Waals surface area contributed by atoms with E-state index in [1.165, 1.54) is 0 Å². The fourth-order valence-electron chi connectivity index (χ4n) is 3.43. The van der Waals surface area contributed by atoms with E-state index < -0.39 is 6.04 Å². The number of carbonyl (C=O) groups excluding carboxylic acids is 2. The summed E-state index contributed by atoms with van der Waals surface area (Å²) in [5, 5.41) is 2.94. The zero-order valence-corrected chi connectivity index (χ0v) is 15.0. The predicted octanol–water partition coefficient (Wildman–Crippen LogP) is 3.01. The molecule has 0 bridgehead atoms. The van der Waals surface area contributed by atoms with Gasteiger partial charge in [-0.05, 0) is 36.8 Å². The van der Waals surface area contributed by atoms with E-state index in [9.17, 15) is 9.59 Å². The van der Waals surface area contributed by atoms with Crippen LogP contribution in [0.5, 0.6) is 0 Å². The molecule has 0 unspecified atom stereocenters. The minimum Gasteiger partial charge on any atom is -0.324 e. The molecule has 1 aliphatic rings. The van der Waals surface area contributed by atoms with E-state index >= 15 is 0 Å². The maximum atomic E-state index is 13.2. The van der Waals surface area contributed by atoms with Gasteiger partial charge in [-0.3, -0.25) is 14.5 Å². The molecule has 5 nitrogen and oxygen atoms in total. The first-order chi connectivity index (χ1) is 13.1. The first-order valence-electron chi connectivity index (χ1n) is 8.86. The molecule has 0 spiro atoms. The highest BCUT2D eigenvalue weighted by molar-refractivity contribution is 6.05. The average molecular weight is 358 g/mol. The molecule has 1 aromatic heterocycles. The number of nitrogens with one attached hydrogen (secondary N) is 1. The normalized spacial score (nSPS) is 16.0. The molecule has 0 radical (unpaired) electrons. The number of aryl methyl sites for hydroxylation is 1. The third-order valence-corrected chi connectivity index (χ3v) is 4.66. The molecule has 0 saturated carbocycles. The van der Waals surface area contributed by atoms with E-state index in [1.807, 2.05) is 90.5 Å². The van der Waals surface area contributed by atoms with Crippen molar-refractivity contribution in [3.8, 4) is 0 Å². The summed E-state index contributed by atoms with van der Waals surface area (Å²) >= 11 is 0. The Bertz CT molecular complexity index is 1000. The van der Waals surface area contributed by atoms with Crippen LogP contribution in [-0.4, -0.2) is 11.8 Å². The third kappa shape index (κ3) is 3.31. The van der Waals surface area contributed by atoms with Crippen LogP contribution in [0.3, 0.4) is 0 Å². The number of carbonyl (C=O) groups is 2. The summed E-state index contributed by atoms with van der Waals surface area (Å²) in [6.07, 6.45) is 1.84. The van der Waals surface area contributed by atoms with Crippen molar-refractivity contribution < 1.29 is 14.2 Å². The lowest BCUT2D eigenvalue weighted by Crippen LogP contribution is -2.58. The highest BCUT2D eigenvalue weighted by atomic mass is 16.2. The third-order valence-electron chi connectivity index (χ3n) is 4.66. The smallest absolute Gasteiger partial charge is 0.294 e. The SMILES string of the molecule is Cc1cccc(N2C(=O)C[n+]3ccccc3[C@H]2C(=O)Nc2ccccc2)c1. The van der Waals surface area contributed by atoms with Crippen LogP contribution >= 0.6 is 0 Å². The average Bonchev–Trinajstić information content (AvgIpc) is 2.67. The maximum absolute atomic E-state index is 13.2. The zero-order valence-electron chi connectivity index (χ0n) is 15.0. The Balaban J connectivity index is 1.79. The molecule has 1 atom stereocenters. The molecule has 27 heavy (non-hydrogen) atoms. The van der Waals surface area contributed by atoms with E-state index in [1.54, 1.807) is 4.90 Å². The van der Waals surface area contributed by atoms with Gasteiger partial charge in [0.1, 0.15) is 0 Å². The standard InChI is InChI=1S/C22H19N3O2/c1-16-8-7-11-18(14-16)25-20(26)15-24-13-6-5-12-19(24)21(25)22(27)23-17-9-3-2-4-10-17/h2-14,21H,15H2,1H3/p+1/t21-/m0/s1. The van der Waals surface area contributed by atoms with E-state index in [-0.39, 0.29) is 18.4 Å². The summed E-state index contributed by atoms with van der Waals surface area (Å²) in [6, 6.07) is 21.9. The van der Waals surface area contributed by atoms with Crippen LogP contribution in [0.25, 0.3) is 0 Å². The molecule has 4 rings (SSSR count). The Kier molecular flexibility index (Phi) is 4.42. The first-order valence-corrected chi connectivity index (χ1v) is 8.86. The number of anilines is 2. The van der Waals surface area contributed by atoms with Crippen LogP contribution < -0.4 is 14.8 Å². The molecule has 134 valence electrons. The number of amides is 2. The molecule has 1 N–H and O–H groups in total. The fourth-order valence-corrected chi connectivity index (χ4v) is 3.43. The minimum atomic E-state index is -0.741. The number of pyridine rings is 1. The van der Waals surface area contributed by atoms with E-state index in [0.29, 0.717) is 5.69 Å². The quantitative estimate of drug-likeness (QED) is 0.732. The summed E-state index contributed by atoms with van der Waals surface area (Å²) in [6.45, 7) is 2.18. The Labute approximate surface area is 157 Å². The van der Waals surface area contributed by atoms with Gasteiger partial charge in [0.25, 0.3) is 11.8 Å². The molecule has 5 heteroatoms. The summed E-state index contributed by atoms with van der Waals surface area (Å²) < 4.78 is 1.84. The molecule has 2 heterocycles. The van der Waals surface area contributed by atoms with Crippen molar-refractivity contribution in [1.82, 2.24) is 0 Å². The van der Waals surface area contributed by atoms with Crippen molar-refractivity contribution in [3.05, 3.63) is 90.3 Å². The van der Waals surface area contributed by atoms with Crippen molar-refractivity contribution in [2.24, 2.45) is 0 Å². The number of hydrogen-bond donors (Lipinski definition) is 1. The molecule has 2 amide bonds. The summed E-state index contributed by atoms with van der Waals surface area (Å²) in [5.41, 5.74) is 3.25. The van der Waals surface area contributed by atoms with Crippen LogP contribution in [0.1, 0.15) is 17.3 Å². The van der Waals surface area contributed by atoms with E-state index in [4.69, 9.17) is 0 Å². The lowest BCUT2D eigenvalue weighted by molar-refractivity contribution is -0.695. The van der Waals surface area contributed by atoms with E-state index in [2.05, 4.69) is 5.32 Å². The topological polar surface area (TPSA) is 53.3 Å². The van der Waals surface area contributed by atoms with Crippen LogP contribution in [-0.2, 0) is 16.1 Å². The number of aromatic nitrogens is 1. The van der Waals surface area contributed by atoms with Gasteiger partial charge in [0.15, 0.2) is 6.20 Å². The van der Waals surface area contributed by atoms with Gasteiger partial charge in [-0.2, -0.15) is 4.57 Å². The molecular weight excluding hydrogens is 338 g/mol.